The molecule has 1 aromatic rings. The first kappa shape index (κ1) is 20.9. The van der Waals surface area contributed by atoms with Gasteiger partial charge in [0.2, 0.25) is 0 Å². The van der Waals surface area contributed by atoms with Crippen LogP contribution in [0.5, 0.6) is 0 Å². The molecule has 0 amide bonds. The zero-order chi connectivity index (χ0) is 21.6. The summed E-state index contributed by atoms with van der Waals surface area (Å²) in [4.78, 5) is 18.2. The molecule has 7 heteroatoms. The van der Waals surface area contributed by atoms with Crippen LogP contribution in [0.3, 0.4) is 0 Å². The topological polar surface area (TPSA) is 95.4 Å². The molecule has 2 N–H and O–H groups in total. The van der Waals surface area contributed by atoms with E-state index in [2.05, 4.69) is 35.4 Å². The van der Waals surface area contributed by atoms with Gasteiger partial charge in [-0.25, -0.2) is 4.68 Å². The maximum absolute atomic E-state index is 12.6. The van der Waals surface area contributed by atoms with Crippen LogP contribution in [0.2, 0.25) is 0 Å². The van der Waals surface area contributed by atoms with Crippen molar-refractivity contribution in [2.45, 2.75) is 78.3 Å². The number of carbonyl (C=O) groups is 1. The molecular weight excluding hydrogens is 390 g/mol. The summed E-state index contributed by atoms with van der Waals surface area (Å²) >= 11 is 0. The van der Waals surface area contributed by atoms with Gasteiger partial charge in [-0.2, -0.15) is 0 Å². The van der Waals surface area contributed by atoms with Crippen LogP contribution in [0.4, 0.5) is 0 Å². The predicted octanol–water partition coefficient (Wildman–Crippen LogP) is 3.64. The Hall–Kier alpha value is -2.02. The van der Waals surface area contributed by atoms with Crippen molar-refractivity contribution in [2.24, 2.45) is 39.5 Å². The molecule has 31 heavy (non-hydrogen) atoms. The van der Waals surface area contributed by atoms with E-state index in [-0.39, 0.29) is 10.8 Å². The predicted molar refractivity (Wildman–Crippen MR) is 118 cm³/mol. The van der Waals surface area contributed by atoms with E-state index in [1.165, 1.54) is 12.8 Å². The molecule has 1 heterocycles. The fraction of sp³-hybridized carbons (Fsp3) is 0.750. The molecule has 3 unspecified atom stereocenters. The zero-order valence-electron chi connectivity index (χ0n) is 18.8. The maximum Gasteiger partial charge on any atom is 0.139 e. The Kier molecular flexibility index (Phi) is 5.27. The van der Waals surface area contributed by atoms with E-state index >= 15 is 0 Å². The summed E-state index contributed by atoms with van der Waals surface area (Å²) in [7, 11) is 0. The summed E-state index contributed by atoms with van der Waals surface area (Å²) in [6.45, 7) is 6.22. The lowest BCUT2D eigenvalue weighted by Gasteiger charge is -2.57. The third-order valence-corrected chi connectivity index (χ3v) is 9.08. The third-order valence-electron chi connectivity index (χ3n) is 9.08. The number of fused-ring (bicyclic) bond motifs is 5. The Bertz CT molecular complexity index is 921. The Balaban J connectivity index is 1.24. The highest BCUT2D eigenvalue weighted by atomic mass is 16.6. The number of rotatable bonds is 5. The molecule has 5 atom stereocenters. The van der Waals surface area contributed by atoms with Gasteiger partial charge >= 0.3 is 0 Å². The van der Waals surface area contributed by atoms with E-state index in [4.69, 9.17) is 10.6 Å². The maximum atomic E-state index is 12.6. The fourth-order valence-electron chi connectivity index (χ4n) is 7.22. The van der Waals surface area contributed by atoms with E-state index in [1.54, 1.807) is 10.3 Å². The quantitative estimate of drug-likeness (QED) is 0.574. The second kappa shape index (κ2) is 7.84. The molecule has 0 bridgehead atoms. The van der Waals surface area contributed by atoms with Crippen molar-refractivity contribution < 1.29 is 9.63 Å². The number of carbonyl (C=O) groups excluding carboxylic acids is 1. The molecule has 4 aliphatic rings. The van der Waals surface area contributed by atoms with Gasteiger partial charge in [-0.15, -0.1) is 5.10 Å². The zero-order valence-corrected chi connectivity index (χ0v) is 18.8. The number of nitrogens with zero attached hydrogens (tertiary/aromatic N) is 4. The molecule has 0 saturated heterocycles. The van der Waals surface area contributed by atoms with E-state index in [1.807, 2.05) is 6.20 Å². The molecule has 1 aromatic heterocycles. The monoisotopic (exact) mass is 425 g/mol. The molecule has 0 radical (unpaired) electrons. The fourth-order valence-corrected chi connectivity index (χ4v) is 7.22. The molecule has 168 valence electrons. The molecule has 3 saturated carbocycles. The number of oxime groups is 1. The number of hydrogen-bond donors (Lipinski definition) is 1. The number of allylic oxidation sites excluding steroid dienone is 2. The number of Topliss-reactive ketones (excluding diaryl/α,β-unsaturated/α-hetero) is 1. The van der Waals surface area contributed by atoms with Crippen molar-refractivity contribution in [3.05, 3.63) is 23.5 Å². The number of aromatic nitrogens is 3. The lowest BCUT2D eigenvalue weighted by molar-refractivity contribution is -0.132. The Morgan fingerprint density at radius 3 is 2.81 bits per heavy atom. The summed E-state index contributed by atoms with van der Waals surface area (Å²) in [5, 5.41) is 12.5. The summed E-state index contributed by atoms with van der Waals surface area (Å²) in [5.74, 6) is 2.56. The Labute approximate surface area is 184 Å². The van der Waals surface area contributed by atoms with Crippen molar-refractivity contribution in [3.8, 4) is 0 Å². The molecule has 7 nitrogen and oxygen atoms in total. The first-order chi connectivity index (χ1) is 14.9. The van der Waals surface area contributed by atoms with Gasteiger partial charge in [0.1, 0.15) is 12.4 Å². The van der Waals surface area contributed by atoms with E-state index < -0.39 is 0 Å². The molecule has 0 aliphatic heterocycles. The summed E-state index contributed by atoms with van der Waals surface area (Å²) in [6.07, 6.45) is 12.8. The first-order valence-electron chi connectivity index (χ1n) is 12.0. The highest BCUT2D eigenvalue weighted by Gasteiger charge is 2.58. The Morgan fingerprint density at radius 2 is 2.00 bits per heavy atom. The lowest BCUT2D eigenvalue weighted by atomic mass is 9.47. The third kappa shape index (κ3) is 3.45. The van der Waals surface area contributed by atoms with Gasteiger partial charge in [-0.3, -0.25) is 4.79 Å². The Morgan fingerprint density at radius 1 is 1.16 bits per heavy atom. The smallest absolute Gasteiger partial charge is 0.139 e. The molecule has 3 fully saturated rings. The first-order valence-corrected chi connectivity index (χ1v) is 12.0. The minimum Gasteiger partial charge on any atom is -0.394 e. The van der Waals surface area contributed by atoms with Gasteiger partial charge in [0.05, 0.1) is 18.0 Å². The highest BCUT2D eigenvalue weighted by molar-refractivity contribution is 5.96. The second-order valence-corrected chi connectivity index (χ2v) is 10.5. The number of ketones is 1. The van der Waals surface area contributed by atoms with Gasteiger partial charge in [-0.05, 0) is 74.2 Å². The second-order valence-electron chi connectivity index (χ2n) is 10.5. The van der Waals surface area contributed by atoms with Gasteiger partial charge in [0, 0.05) is 24.6 Å². The molecule has 5 rings (SSSR count). The SMILES string of the molecule is C[C@]12CCC(=NOCCn3cc(CN)nn3)C=C1CCC1C2CC[C@]2(C)C(=O)CCC12. The van der Waals surface area contributed by atoms with Crippen molar-refractivity contribution >= 4 is 11.5 Å². The minimum atomic E-state index is -0.0388. The van der Waals surface area contributed by atoms with Crippen molar-refractivity contribution in [3.63, 3.8) is 0 Å². The van der Waals surface area contributed by atoms with Gasteiger partial charge in [0.15, 0.2) is 0 Å². The van der Waals surface area contributed by atoms with Gasteiger partial charge in [0.25, 0.3) is 0 Å². The van der Waals surface area contributed by atoms with Crippen LogP contribution in [0.1, 0.15) is 70.9 Å². The normalized spacial score (nSPS) is 38.4. The summed E-state index contributed by atoms with van der Waals surface area (Å²) in [5.41, 5.74) is 9.18. The van der Waals surface area contributed by atoms with Crippen LogP contribution in [-0.4, -0.2) is 33.1 Å². The average molecular weight is 426 g/mol. The molecule has 0 aromatic carbocycles. The lowest BCUT2D eigenvalue weighted by Crippen LogP contribution is -2.50. The molecular formula is C24H35N5O2. The van der Waals surface area contributed by atoms with Crippen LogP contribution < -0.4 is 5.73 Å². The summed E-state index contributed by atoms with van der Waals surface area (Å²) < 4.78 is 1.74. The largest absolute Gasteiger partial charge is 0.394 e. The van der Waals surface area contributed by atoms with Crippen LogP contribution in [0.15, 0.2) is 23.0 Å². The molecule has 4 aliphatic carbocycles. The number of hydrogen-bond acceptors (Lipinski definition) is 6. The van der Waals surface area contributed by atoms with Crippen LogP contribution in [-0.2, 0) is 22.7 Å². The standard InChI is InChI=1S/C24H35N5O2/c1-23-9-7-17(27-31-12-11-29-15-18(14-25)26-28-29)13-16(23)3-4-19-20-5-6-22(30)24(20,2)10-8-21(19)23/h13,15,19-21H,3-12,14,25H2,1-2H3/t19?,20?,21?,23-,24-/m0/s1. The summed E-state index contributed by atoms with van der Waals surface area (Å²) in [6, 6.07) is 0. The minimum absolute atomic E-state index is 0.0388. The van der Waals surface area contributed by atoms with E-state index in [0.717, 1.165) is 49.9 Å². The van der Waals surface area contributed by atoms with Gasteiger partial charge < -0.3 is 10.6 Å². The van der Waals surface area contributed by atoms with E-state index in [9.17, 15) is 4.79 Å². The molecule has 0 spiro atoms. The van der Waals surface area contributed by atoms with Crippen LogP contribution in [0, 0.1) is 28.6 Å². The average Bonchev–Trinajstić information content (AvgIpc) is 3.35. The van der Waals surface area contributed by atoms with Gasteiger partial charge in [-0.1, -0.05) is 29.8 Å². The number of nitrogens with two attached hydrogens (primary N) is 1. The van der Waals surface area contributed by atoms with Crippen LogP contribution >= 0.6 is 0 Å². The van der Waals surface area contributed by atoms with E-state index in [0.29, 0.717) is 43.2 Å². The van der Waals surface area contributed by atoms with Crippen molar-refractivity contribution in [1.29, 1.82) is 0 Å². The van der Waals surface area contributed by atoms with Crippen LogP contribution in [0.25, 0.3) is 0 Å². The van der Waals surface area contributed by atoms with Crippen molar-refractivity contribution in [2.75, 3.05) is 6.61 Å². The van der Waals surface area contributed by atoms with Crippen molar-refractivity contribution in [1.82, 2.24) is 15.0 Å². The highest BCUT2D eigenvalue weighted by Crippen LogP contribution is 2.64.